The quantitative estimate of drug-likeness (QED) is 0.856. The highest BCUT2D eigenvalue weighted by molar-refractivity contribution is 5.89. The molecule has 0 aliphatic rings. The van der Waals surface area contributed by atoms with E-state index in [9.17, 15) is 4.79 Å². The second kappa shape index (κ2) is 6.29. The van der Waals surface area contributed by atoms with E-state index in [0.29, 0.717) is 18.5 Å². The minimum Gasteiger partial charge on any atom is -0.478 e. The number of nitrogens with zero attached hydrogens (tertiary/aromatic N) is 4. The Bertz CT molecular complexity index is 594. The van der Waals surface area contributed by atoms with Gasteiger partial charge >= 0.3 is 5.97 Å². The Morgan fingerprint density at radius 2 is 2.15 bits per heavy atom. The van der Waals surface area contributed by atoms with E-state index in [2.05, 4.69) is 15.1 Å². The van der Waals surface area contributed by atoms with Crippen molar-refractivity contribution in [2.45, 2.75) is 13.0 Å². The van der Waals surface area contributed by atoms with E-state index in [0.717, 1.165) is 17.9 Å². The van der Waals surface area contributed by atoms with E-state index in [-0.39, 0.29) is 0 Å². The number of carboxylic acid groups (broad SMARTS) is 1. The molecule has 0 atom stereocenters. The standard InChI is InChI=1S/C14H18N4O2/c1-17(9-13-16-15-10-18(13)2)8-7-11-5-3-4-6-12(11)14(19)20/h3-6,10H,7-9H2,1-2H3,(H,19,20). The van der Waals surface area contributed by atoms with Crippen molar-refractivity contribution in [2.75, 3.05) is 13.6 Å². The molecule has 0 fully saturated rings. The van der Waals surface area contributed by atoms with Crippen molar-refractivity contribution >= 4 is 5.97 Å². The molecule has 0 aliphatic carbocycles. The highest BCUT2D eigenvalue weighted by Crippen LogP contribution is 2.10. The van der Waals surface area contributed by atoms with Gasteiger partial charge in [-0.1, -0.05) is 18.2 Å². The zero-order valence-corrected chi connectivity index (χ0v) is 11.7. The van der Waals surface area contributed by atoms with E-state index >= 15 is 0 Å². The van der Waals surface area contributed by atoms with E-state index in [1.54, 1.807) is 18.5 Å². The number of hydrogen-bond donors (Lipinski definition) is 1. The van der Waals surface area contributed by atoms with Gasteiger partial charge in [0.15, 0.2) is 0 Å². The fourth-order valence-corrected chi connectivity index (χ4v) is 2.03. The van der Waals surface area contributed by atoms with Gasteiger partial charge in [0, 0.05) is 13.6 Å². The van der Waals surface area contributed by atoms with E-state index in [1.165, 1.54) is 0 Å². The zero-order chi connectivity index (χ0) is 14.5. The summed E-state index contributed by atoms with van der Waals surface area (Å²) < 4.78 is 1.88. The lowest BCUT2D eigenvalue weighted by Gasteiger charge is -2.16. The molecule has 6 heteroatoms. The van der Waals surface area contributed by atoms with Crippen molar-refractivity contribution in [2.24, 2.45) is 7.05 Å². The topological polar surface area (TPSA) is 71.2 Å². The second-order valence-electron chi connectivity index (χ2n) is 4.81. The molecule has 0 saturated carbocycles. The Kier molecular flexibility index (Phi) is 4.47. The first kappa shape index (κ1) is 14.2. The molecule has 1 heterocycles. The van der Waals surface area contributed by atoms with Crippen LogP contribution in [0.15, 0.2) is 30.6 Å². The maximum atomic E-state index is 11.1. The molecule has 1 aromatic carbocycles. The summed E-state index contributed by atoms with van der Waals surface area (Å²) in [5.41, 5.74) is 1.23. The fourth-order valence-electron chi connectivity index (χ4n) is 2.03. The maximum Gasteiger partial charge on any atom is 0.335 e. The van der Waals surface area contributed by atoms with Crippen molar-refractivity contribution in [3.05, 3.63) is 47.5 Å². The Hall–Kier alpha value is -2.21. The lowest BCUT2D eigenvalue weighted by Crippen LogP contribution is -2.23. The van der Waals surface area contributed by atoms with E-state index < -0.39 is 5.97 Å². The number of rotatable bonds is 6. The normalized spacial score (nSPS) is 10.9. The van der Waals surface area contributed by atoms with Gasteiger partial charge in [0.05, 0.1) is 12.1 Å². The SMILES string of the molecule is CN(CCc1ccccc1C(=O)O)Cc1nncn1C. The van der Waals surface area contributed by atoms with Gasteiger partial charge in [0.1, 0.15) is 12.2 Å². The van der Waals surface area contributed by atoms with Crippen LogP contribution in [0.1, 0.15) is 21.7 Å². The molecule has 0 aliphatic heterocycles. The molecular weight excluding hydrogens is 256 g/mol. The summed E-state index contributed by atoms with van der Waals surface area (Å²) in [4.78, 5) is 13.2. The summed E-state index contributed by atoms with van der Waals surface area (Å²) >= 11 is 0. The largest absolute Gasteiger partial charge is 0.478 e. The van der Waals surface area contributed by atoms with Crippen molar-refractivity contribution in [3.8, 4) is 0 Å². The second-order valence-corrected chi connectivity index (χ2v) is 4.81. The van der Waals surface area contributed by atoms with E-state index in [1.807, 2.05) is 30.8 Å². The molecule has 0 bridgehead atoms. The van der Waals surface area contributed by atoms with Crippen LogP contribution in [0.2, 0.25) is 0 Å². The molecule has 0 unspecified atom stereocenters. The molecule has 0 spiro atoms. The Morgan fingerprint density at radius 1 is 1.40 bits per heavy atom. The van der Waals surface area contributed by atoms with Gasteiger partial charge in [0.2, 0.25) is 0 Å². The summed E-state index contributed by atoms with van der Waals surface area (Å²) in [7, 11) is 3.89. The summed E-state index contributed by atoms with van der Waals surface area (Å²) in [6.07, 6.45) is 2.36. The van der Waals surface area contributed by atoms with Crippen molar-refractivity contribution in [1.82, 2.24) is 19.7 Å². The number of carbonyl (C=O) groups is 1. The van der Waals surface area contributed by atoms with E-state index in [4.69, 9.17) is 5.11 Å². The lowest BCUT2D eigenvalue weighted by molar-refractivity contribution is 0.0695. The molecule has 106 valence electrons. The minimum atomic E-state index is -0.878. The third kappa shape index (κ3) is 3.42. The summed E-state index contributed by atoms with van der Waals surface area (Å²) in [5, 5.41) is 17.0. The fraction of sp³-hybridized carbons (Fsp3) is 0.357. The Balaban J connectivity index is 1.95. The zero-order valence-electron chi connectivity index (χ0n) is 11.7. The average Bonchev–Trinajstić information content (AvgIpc) is 2.82. The molecule has 0 amide bonds. The summed E-state index contributed by atoms with van der Waals surface area (Å²) in [6, 6.07) is 7.11. The third-order valence-corrected chi connectivity index (χ3v) is 3.23. The van der Waals surface area contributed by atoms with Crippen LogP contribution in [0.3, 0.4) is 0 Å². The van der Waals surface area contributed by atoms with Gasteiger partial charge in [-0.15, -0.1) is 10.2 Å². The Labute approximate surface area is 117 Å². The van der Waals surface area contributed by atoms with Crippen molar-refractivity contribution in [3.63, 3.8) is 0 Å². The van der Waals surface area contributed by atoms with Crippen molar-refractivity contribution < 1.29 is 9.90 Å². The molecule has 0 radical (unpaired) electrons. The van der Waals surface area contributed by atoms with Crippen LogP contribution in [-0.4, -0.2) is 44.3 Å². The average molecular weight is 274 g/mol. The van der Waals surface area contributed by atoms with Crippen LogP contribution >= 0.6 is 0 Å². The third-order valence-electron chi connectivity index (χ3n) is 3.23. The number of aryl methyl sites for hydroxylation is 1. The van der Waals surface area contributed by atoms with Gasteiger partial charge < -0.3 is 9.67 Å². The predicted octanol–water partition coefficient (Wildman–Crippen LogP) is 1.19. The van der Waals surface area contributed by atoms with Crippen molar-refractivity contribution in [1.29, 1.82) is 0 Å². The smallest absolute Gasteiger partial charge is 0.335 e. The molecule has 0 saturated heterocycles. The van der Waals surface area contributed by atoms with Gasteiger partial charge in [0.25, 0.3) is 0 Å². The van der Waals surface area contributed by atoms with Crippen LogP contribution < -0.4 is 0 Å². The number of aromatic carboxylic acids is 1. The molecule has 2 aromatic rings. The predicted molar refractivity (Wildman–Crippen MR) is 74.4 cm³/mol. The molecule has 20 heavy (non-hydrogen) atoms. The van der Waals surface area contributed by atoms with Gasteiger partial charge in [-0.3, -0.25) is 4.90 Å². The highest BCUT2D eigenvalue weighted by Gasteiger charge is 2.10. The summed E-state index contributed by atoms with van der Waals surface area (Å²) in [5.74, 6) is 0.00979. The molecule has 6 nitrogen and oxygen atoms in total. The number of benzene rings is 1. The van der Waals surface area contributed by atoms with Gasteiger partial charge in [-0.2, -0.15) is 0 Å². The first-order valence-corrected chi connectivity index (χ1v) is 6.40. The maximum absolute atomic E-state index is 11.1. The summed E-state index contributed by atoms with van der Waals surface area (Å²) in [6.45, 7) is 1.45. The number of likely N-dealkylation sites (N-methyl/N-ethyl adjacent to an activating group) is 1. The van der Waals surface area contributed by atoms with Gasteiger partial charge in [-0.25, -0.2) is 4.79 Å². The molecular formula is C14H18N4O2. The number of aromatic nitrogens is 3. The van der Waals surface area contributed by atoms with Gasteiger partial charge in [-0.05, 0) is 25.1 Å². The van der Waals surface area contributed by atoms with Crippen LogP contribution in [0.25, 0.3) is 0 Å². The molecule has 2 rings (SSSR count). The van der Waals surface area contributed by atoms with Crippen LogP contribution in [0.5, 0.6) is 0 Å². The molecule has 1 N–H and O–H groups in total. The van der Waals surface area contributed by atoms with Crippen LogP contribution in [0.4, 0.5) is 0 Å². The number of hydrogen-bond acceptors (Lipinski definition) is 4. The minimum absolute atomic E-state index is 0.375. The lowest BCUT2D eigenvalue weighted by atomic mass is 10.0. The first-order valence-electron chi connectivity index (χ1n) is 6.40. The highest BCUT2D eigenvalue weighted by atomic mass is 16.4. The van der Waals surface area contributed by atoms with Crippen LogP contribution in [-0.2, 0) is 20.0 Å². The monoisotopic (exact) mass is 274 g/mol. The number of carboxylic acids is 1. The first-order chi connectivity index (χ1) is 9.58. The molecule has 1 aromatic heterocycles. The van der Waals surface area contributed by atoms with Crippen LogP contribution in [0, 0.1) is 0 Å². The Morgan fingerprint density at radius 3 is 2.80 bits per heavy atom.